The van der Waals surface area contributed by atoms with Gasteiger partial charge in [-0.25, -0.2) is 0 Å². The summed E-state index contributed by atoms with van der Waals surface area (Å²) in [6.45, 7) is -0.323. The van der Waals surface area contributed by atoms with Crippen molar-refractivity contribution in [1.29, 1.82) is 0 Å². The van der Waals surface area contributed by atoms with Gasteiger partial charge in [0, 0.05) is 12.0 Å². The van der Waals surface area contributed by atoms with E-state index in [0.717, 1.165) is 0 Å². The Labute approximate surface area is 64.1 Å². The molecule has 0 spiro atoms. The van der Waals surface area contributed by atoms with Crippen molar-refractivity contribution in [2.24, 2.45) is 11.7 Å². The molecule has 0 aromatic heterocycles. The monoisotopic (exact) mass is 163 g/mol. The number of nitrogens with two attached hydrogens (primary N) is 1. The molecule has 1 fully saturated rings. The maximum absolute atomic E-state index is 9.15. The molecule has 5 heteroatoms. The van der Waals surface area contributed by atoms with Crippen LogP contribution in [0.15, 0.2) is 0 Å². The average molecular weight is 163 g/mol. The van der Waals surface area contributed by atoms with Gasteiger partial charge in [-0.3, -0.25) is 0 Å². The highest BCUT2D eigenvalue weighted by Gasteiger charge is 2.46. The fourth-order valence-corrected chi connectivity index (χ4v) is 1.39. The first kappa shape index (κ1) is 8.89. The molecule has 11 heavy (non-hydrogen) atoms. The predicted molar refractivity (Wildman–Crippen MR) is 36.6 cm³/mol. The third kappa shape index (κ3) is 1.25. The van der Waals surface area contributed by atoms with E-state index in [4.69, 9.17) is 26.2 Å². The van der Waals surface area contributed by atoms with Gasteiger partial charge in [0.15, 0.2) is 0 Å². The first-order chi connectivity index (χ1) is 5.09. The molecule has 0 radical (unpaired) electrons. The summed E-state index contributed by atoms with van der Waals surface area (Å²) in [6.07, 6.45) is -3.49. The van der Waals surface area contributed by atoms with Crippen LogP contribution in [0.2, 0.25) is 0 Å². The molecule has 1 saturated carbocycles. The largest absolute Gasteiger partial charge is 0.396 e. The Hall–Kier alpha value is -0.200. The summed E-state index contributed by atoms with van der Waals surface area (Å²) >= 11 is 0. The van der Waals surface area contributed by atoms with Gasteiger partial charge in [-0.2, -0.15) is 0 Å². The number of aliphatic hydroxyl groups excluding tert-OH is 4. The summed E-state index contributed by atoms with van der Waals surface area (Å²) in [4.78, 5) is 0. The zero-order valence-corrected chi connectivity index (χ0v) is 5.96. The van der Waals surface area contributed by atoms with Crippen molar-refractivity contribution in [3.8, 4) is 0 Å². The van der Waals surface area contributed by atoms with Crippen LogP contribution in [-0.2, 0) is 0 Å². The Bertz CT molecular complexity index is 129. The van der Waals surface area contributed by atoms with E-state index in [-0.39, 0.29) is 6.61 Å². The quantitative estimate of drug-likeness (QED) is 0.283. The van der Waals surface area contributed by atoms with Crippen LogP contribution in [0.3, 0.4) is 0 Å². The molecule has 0 heterocycles. The number of aliphatic hydroxyl groups is 4. The first-order valence-corrected chi connectivity index (χ1v) is 3.50. The van der Waals surface area contributed by atoms with Crippen LogP contribution in [0, 0.1) is 5.92 Å². The molecular weight excluding hydrogens is 150 g/mol. The van der Waals surface area contributed by atoms with Gasteiger partial charge in [0.1, 0.15) is 6.10 Å². The maximum atomic E-state index is 9.15. The lowest BCUT2D eigenvalue weighted by atomic mass is 10.0. The highest BCUT2D eigenvalue weighted by molar-refractivity contribution is 4.99. The van der Waals surface area contributed by atoms with Crippen molar-refractivity contribution in [3.63, 3.8) is 0 Å². The molecule has 0 aliphatic heterocycles. The zero-order chi connectivity index (χ0) is 8.59. The zero-order valence-electron chi connectivity index (χ0n) is 5.96. The minimum Gasteiger partial charge on any atom is -0.396 e. The summed E-state index contributed by atoms with van der Waals surface area (Å²) in [7, 11) is 0. The van der Waals surface area contributed by atoms with Crippen molar-refractivity contribution >= 4 is 0 Å². The van der Waals surface area contributed by atoms with Gasteiger partial charge in [0.25, 0.3) is 0 Å². The van der Waals surface area contributed by atoms with Gasteiger partial charge in [-0.15, -0.1) is 0 Å². The first-order valence-electron chi connectivity index (χ1n) is 3.50. The van der Waals surface area contributed by atoms with Gasteiger partial charge < -0.3 is 26.2 Å². The van der Waals surface area contributed by atoms with E-state index in [1.54, 1.807) is 0 Å². The molecular formula is C6H13NO4. The van der Waals surface area contributed by atoms with Crippen molar-refractivity contribution in [1.82, 2.24) is 0 Å². The lowest BCUT2D eigenvalue weighted by molar-refractivity contribution is -0.0307. The predicted octanol–water partition coefficient (Wildman–Crippen LogP) is -2.98. The second-order valence-electron chi connectivity index (χ2n) is 2.90. The summed E-state index contributed by atoms with van der Waals surface area (Å²) in [5, 5.41) is 36.0. The summed E-state index contributed by atoms with van der Waals surface area (Å²) < 4.78 is 0. The van der Waals surface area contributed by atoms with E-state index in [0.29, 0.717) is 0 Å². The van der Waals surface area contributed by atoms with Crippen LogP contribution in [0.5, 0.6) is 0 Å². The van der Waals surface area contributed by atoms with Crippen molar-refractivity contribution < 1.29 is 20.4 Å². The molecule has 0 amide bonds. The van der Waals surface area contributed by atoms with Gasteiger partial charge in [-0.05, 0) is 0 Å². The van der Waals surface area contributed by atoms with E-state index < -0.39 is 30.3 Å². The lowest BCUT2D eigenvalue weighted by Gasteiger charge is -2.15. The third-order valence-electron chi connectivity index (χ3n) is 2.24. The van der Waals surface area contributed by atoms with E-state index in [2.05, 4.69) is 0 Å². The van der Waals surface area contributed by atoms with Crippen LogP contribution in [0.1, 0.15) is 0 Å². The molecule has 66 valence electrons. The van der Waals surface area contributed by atoms with Gasteiger partial charge in [-0.1, -0.05) is 0 Å². The minimum atomic E-state index is -1.23. The van der Waals surface area contributed by atoms with E-state index in [9.17, 15) is 0 Å². The highest BCUT2D eigenvalue weighted by atomic mass is 16.4. The molecule has 0 bridgehead atoms. The van der Waals surface area contributed by atoms with Crippen LogP contribution < -0.4 is 5.73 Å². The SMILES string of the molecule is N[C@@H]1[C@H](O)[C@@H](O)[C@H](O)[C@H]1CO. The molecule has 6 N–H and O–H groups in total. The minimum absolute atomic E-state index is 0.323. The highest BCUT2D eigenvalue weighted by Crippen LogP contribution is 2.25. The van der Waals surface area contributed by atoms with Crippen molar-refractivity contribution in [2.75, 3.05) is 6.61 Å². The Balaban J connectivity index is 2.69. The molecule has 0 aromatic carbocycles. The molecule has 1 aliphatic carbocycles. The second kappa shape index (κ2) is 3.04. The Morgan fingerprint density at radius 2 is 1.55 bits per heavy atom. The fourth-order valence-electron chi connectivity index (χ4n) is 1.39. The number of hydrogen-bond acceptors (Lipinski definition) is 5. The maximum Gasteiger partial charge on any atom is 0.108 e. The van der Waals surface area contributed by atoms with Crippen molar-refractivity contribution in [2.45, 2.75) is 24.4 Å². The van der Waals surface area contributed by atoms with Gasteiger partial charge in [0.05, 0.1) is 18.8 Å². The van der Waals surface area contributed by atoms with Crippen LogP contribution in [0.25, 0.3) is 0 Å². The normalized spacial score (nSPS) is 51.5. The molecule has 0 unspecified atom stereocenters. The fraction of sp³-hybridized carbons (Fsp3) is 1.00. The Kier molecular flexibility index (Phi) is 2.46. The topological polar surface area (TPSA) is 107 Å². The summed E-state index contributed by atoms with van der Waals surface area (Å²) in [5.74, 6) is -0.625. The molecule has 5 nitrogen and oxygen atoms in total. The van der Waals surface area contributed by atoms with E-state index in [1.165, 1.54) is 0 Å². The summed E-state index contributed by atoms with van der Waals surface area (Å²) in [5.41, 5.74) is 5.38. The lowest BCUT2D eigenvalue weighted by Crippen LogP contribution is -2.39. The van der Waals surface area contributed by atoms with Crippen LogP contribution in [-0.4, -0.2) is 51.4 Å². The van der Waals surface area contributed by atoms with E-state index >= 15 is 0 Å². The molecule has 0 saturated heterocycles. The molecule has 0 aromatic rings. The Morgan fingerprint density at radius 3 is 1.73 bits per heavy atom. The molecule has 5 atom stereocenters. The average Bonchev–Trinajstić information content (AvgIpc) is 2.17. The molecule has 1 aliphatic rings. The summed E-state index contributed by atoms with van der Waals surface area (Å²) in [6, 6.07) is -0.745. The van der Waals surface area contributed by atoms with Crippen LogP contribution >= 0.6 is 0 Å². The smallest absolute Gasteiger partial charge is 0.108 e. The van der Waals surface area contributed by atoms with E-state index in [1.807, 2.05) is 0 Å². The number of hydrogen-bond donors (Lipinski definition) is 5. The third-order valence-corrected chi connectivity index (χ3v) is 2.24. The van der Waals surface area contributed by atoms with Crippen molar-refractivity contribution in [3.05, 3.63) is 0 Å². The van der Waals surface area contributed by atoms with Gasteiger partial charge in [0.2, 0.25) is 0 Å². The standard InChI is InChI=1S/C6H13NO4/c7-3-2(1-8)4(9)6(11)5(3)10/h2-6,8-11H,1,7H2/t2-,3-,4+,5-,6-/m0/s1. The van der Waals surface area contributed by atoms with Crippen LogP contribution in [0.4, 0.5) is 0 Å². The second-order valence-corrected chi connectivity index (χ2v) is 2.90. The Morgan fingerprint density at radius 1 is 1.00 bits per heavy atom. The molecule has 1 rings (SSSR count). The number of rotatable bonds is 1. The van der Waals surface area contributed by atoms with Gasteiger partial charge >= 0.3 is 0 Å².